The van der Waals surface area contributed by atoms with Crippen molar-refractivity contribution in [2.75, 3.05) is 26.7 Å². The number of para-hydroxylation sites is 1. The van der Waals surface area contributed by atoms with Crippen molar-refractivity contribution >= 4 is 34.6 Å². The molecule has 8 nitrogen and oxygen atoms in total. The van der Waals surface area contributed by atoms with Gasteiger partial charge < -0.3 is 14.6 Å². The summed E-state index contributed by atoms with van der Waals surface area (Å²) in [5.41, 5.74) is 1.98. The van der Waals surface area contributed by atoms with Crippen molar-refractivity contribution in [2.45, 2.75) is 6.92 Å². The quantitative estimate of drug-likeness (QED) is 0.498. The summed E-state index contributed by atoms with van der Waals surface area (Å²) in [6, 6.07) is 6.78. The number of ether oxygens (including phenoxy) is 1. The number of rotatable bonds is 5. The van der Waals surface area contributed by atoms with Crippen LogP contribution in [0.5, 0.6) is 0 Å². The molecule has 0 unspecified atom stereocenters. The van der Waals surface area contributed by atoms with Crippen molar-refractivity contribution in [3.05, 3.63) is 35.5 Å². The van der Waals surface area contributed by atoms with Gasteiger partial charge in [0.25, 0.3) is 5.91 Å². The SMILES string of the molecule is Cc1[nH]c2ccccc2c1C(=O)COC(=O)CN1C(=O)CN(C)C1=O. The predicted octanol–water partition coefficient (Wildman–Crippen LogP) is 1.10. The van der Waals surface area contributed by atoms with E-state index in [1.165, 1.54) is 11.9 Å². The number of hydrogen-bond donors (Lipinski definition) is 1. The molecule has 2 heterocycles. The highest BCUT2D eigenvalue weighted by Crippen LogP contribution is 2.22. The number of Topliss-reactive ketones (excluding diaryl/α,β-unsaturated/α-hetero) is 1. The van der Waals surface area contributed by atoms with Crippen LogP contribution in [-0.4, -0.2) is 65.2 Å². The van der Waals surface area contributed by atoms with Gasteiger partial charge in [-0.1, -0.05) is 18.2 Å². The number of aryl methyl sites for hydroxylation is 1. The maximum absolute atomic E-state index is 12.4. The fourth-order valence-electron chi connectivity index (χ4n) is 2.85. The van der Waals surface area contributed by atoms with E-state index in [4.69, 9.17) is 4.74 Å². The smallest absolute Gasteiger partial charge is 0.327 e. The van der Waals surface area contributed by atoms with Gasteiger partial charge in [0.15, 0.2) is 6.61 Å². The largest absolute Gasteiger partial charge is 0.456 e. The normalized spacial score (nSPS) is 14.5. The van der Waals surface area contributed by atoms with Crippen molar-refractivity contribution in [2.24, 2.45) is 0 Å². The van der Waals surface area contributed by atoms with Crippen molar-refractivity contribution in [3.8, 4) is 0 Å². The van der Waals surface area contributed by atoms with E-state index < -0.39 is 31.1 Å². The lowest BCUT2D eigenvalue weighted by molar-refractivity contribution is -0.145. The molecule has 1 saturated heterocycles. The summed E-state index contributed by atoms with van der Waals surface area (Å²) < 4.78 is 4.96. The van der Waals surface area contributed by atoms with Gasteiger partial charge in [-0.2, -0.15) is 0 Å². The Bertz CT molecular complexity index is 886. The number of fused-ring (bicyclic) bond motifs is 1. The molecule has 1 aromatic carbocycles. The van der Waals surface area contributed by atoms with Gasteiger partial charge in [-0.15, -0.1) is 0 Å². The number of imide groups is 1. The van der Waals surface area contributed by atoms with Gasteiger partial charge >= 0.3 is 12.0 Å². The van der Waals surface area contributed by atoms with Gasteiger partial charge in [0.2, 0.25) is 5.78 Å². The van der Waals surface area contributed by atoms with E-state index in [1.807, 2.05) is 24.3 Å². The summed E-state index contributed by atoms with van der Waals surface area (Å²) in [6.07, 6.45) is 0. The van der Waals surface area contributed by atoms with E-state index in [0.29, 0.717) is 11.3 Å². The molecule has 130 valence electrons. The number of hydrogen-bond acceptors (Lipinski definition) is 5. The standard InChI is InChI=1S/C17H17N3O5/c1-10-16(11-5-3-4-6-12(11)18-10)13(21)9-25-15(23)8-20-14(22)7-19(2)17(20)24/h3-6,18H,7-9H2,1-2H3. The Morgan fingerprint density at radius 3 is 2.64 bits per heavy atom. The molecular weight excluding hydrogens is 326 g/mol. The number of nitrogens with zero attached hydrogens (tertiary/aromatic N) is 2. The molecule has 0 atom stereocenters. The number of carbonyl (C=O) groups is 4. The molecule has 0 aliphatic carbocycles. The van der Waals surface area contributed by atoms with Gasteiger partial charge in [0.1, 0.15) is 13.1 Å². The molecule has 0 radical (unpaired) electrons. The van der Waals surface area contributed by atoms with E-state index in [1.54, 1.807) is 6.92 Å². The number of H-pyrrole nitrogens is 1. The van der Waals surface area contributed by atoms with Crippen molar-refractivity contribution < 1.29 is 23.9 Å². The van der Waals surface area contributed by atoms with Crippen LogP contribution in [0.3, 0.4) is 0 Å². The summed E-state index contributed by atoms with van der Waals surface area (Å²) in [5.74, 6) is -1.62. The highest BCUT2D eigenvalue weighted by molar-refractivity contribution is 6.10. The molecule has 3 rings (SSSR count). The minimum absolute atomic E-state index is 0.0699. The lowest BCUT2D eigenvalue weighted by atomic mass is 10.1. The first-order valence-electron chi connectivity index (χ1n) is 7.70. The zero-order chi connectivity index (χ0) is 18.1. The molecule has 1 aliphatic rings. The second-order valence-corrected chi connectivity index (χ2v) is 5.87. The molecule has 1 fully saturated rings. The van der Waals surface area contributed by atoms with Crippen LogP contribution in [0.1, 0.15) is 16.1 Å². The van der Waals surface area contributed by atoms with Gasteiger partial charge in [-0.3, -0.25) is 19.3 Å². The average molecular weight is 343 g/mol. The van der Waals surface area contributed by atoms with Crippen LogP contribution in [0.15, 0.2) is 24.3 Å². The van der Waals surface area contributed by atoms with Gasteiger partial charge in [0.05, 0.1) is 0 Å². The zero-order valence-corrected chi connectivity index (χ0v) is 13.9. The van der Waals surface area contributed by atoms with Gasteiger partial charge in [0, 0.05) is 29.2 Å². The minimum Gasteiger partial charge on any atom is -0.456 e. The molecule has 8 heteroatoms. The Morgan fingerprint density at radius 1 is 1.24 bits per heavy atom. The lowest BCUT2D eigenvalue weighted by Gasteiger charge is -2.13. The van der Waals surface area contributed by atoms with Crippen LogP contribution in [0, 0.1) is 6.92 Å². The molecule has 25 heavy (non-hydrogen) atoms. The molecule has 1 aliphatic heterocycles. The number of esters is 1. The number of ketones is 1. The van der Waals surface area contributed by atoms with Crippen LogP contribution in [0.4, 0.5) is 4.79 Å². The van der Waals surface area contributed by atoms with E-state index in [-0.39, 0.29) is 12.3 Å². The van der Waals surface area contributed by atoms with Gasteiger partial charge in [-0.05, 0) is 13.0 Å². The molecular formula is C17H17N3O5. The zero-order valence-electron chi connectivity index (χ0n) is 13.9. The summed E-state index contributed by atoms with van der Waals surface area (Å²) in [6.45, 7) is 0.752. The number of aromatic amines is 1. The summed E-state index contributed by atoms with van der Waals surface area (Å²) in [5, 5.41) is 0.757. The highest BCUT2D eigenvalue weighted by Gasteiger charge is 2.35. The summed E-state index contributed by atoms with van der Waals surface area (Å²) in [4.78, 5) is 52.8. The lowest BCUT2D eigenvalue weighted by Crippen LogP contribution is -2.37. The molecule has 1 N–H and O–H groups in total. The third-order valence-electron chi connectivity index (χ3n) is 4.05. The third-order valence-corrected chi connectivity index (χ3v) is 4.05. The number of likely N-dealkylation sites (N-methyl/N-ethyl adjacent to an activating group) is 1. The molecule has 0 spiro atoms. The van der Waals surface area contributed by atoms with Crippen molar-refractivity contribution in [3.63, 3.8) is 0 Å². The maximum Gasteiger partial charge on any atom is 0.327 e. The van der Waals surface area contributed by atoms with E-state index in [2.05, 4.69) is 4.98 Å². The Labute approximate surface area is 143 Å². The van der Waals surface area contributed by atoms with Crippen molar-refractivity contribution in [1.29, 1.82) is 0 Å². The number of urea groups is 1. The predicted molar refractivity (Wildman–Crippen MR) is 88.1 cm³/mol. The first kappa shape index (κ1) is 16.7. The second-order valence-electron chi connectivity index (χ2n) is 5.87. The van der Waals surface area contributed by atoms with E-state index >= 15 is 0 Å². The Kier molecular flexibility index (Phi) is 4.26. The van der Waals surface area contributed by atoms with Crippen molar-refractivity contribution in [1.82, 2.24) is 14.8 Å². The first-order valence-corrected chi connectivity index (χ1v) is 7.70. The second kappa shape index (κ2) is 6.39. The molecule has 0 saturated carbocycles. The van der Waals surface area contributed by atoms with Crippen LogP contribution in [0.2, 0.25) is 0 Å². The van der Waals surface area contributed by atoms with Crippen LogP contribution in [0.25, 0.3) is 10.9 Å². The van der Waals surface area contributed by atoms with Gasteiger partial charge in [-0.25, -0.2) is 4.79 Å². The van der Waals surface area contributed by atoms with Crippen LogP contribution in [-0.2, 0) is 14.3 Å². The first-order chi connectivity index (χ1) is 11.9. The monoisotopic (exact) mass is 343 g/mol. The fraction of sp³-hybridized carbons (Fsp3) is 0.294. The minimum atomic E-state index is -0.803. The number of amides is 3. The molecule has 3 amide bonds. The molecule has 1 aromatic heterocycles. The molecule has 0 bridgehead atoms. The fourth-order valence-corrected chi connectivity index (χ4v) is 2.85. The number of benzene rings is 1. The molecule has 2 aromatic rings. The Hall–Kier alpha value is -3.16. The number of nitrogens with one attached hydrogen (secondary N) is 1. The third kappa shape index (κ3) is 3.10. The average Bonchev–Trinajstić information content (AvgIpc) is 3.03. The van der Waals surface area contributed by atoms with Crippen LogP contribution < -0.4 is 0 Å². The summed E-state index contributed by atoms with van der Waals surface area (Å²) in [7, 11) is 1.47. The number of carbonyl (C=O) groups excluding carboxylic acids is 4. The van der Waals surface area contributed by atoms with E-state index in [0.717, 1.165) is 15.8 Å². The van der Waals surface area contributed by atoms with Crippen LogP contribution >= 0.6 is 0 Å². The topological polar surface area (TPSA) is 99.8 Å². The maximum atomic E-state index is 12.4. The highest BCUT2D eigenvalue weighted by atomic mass is 16.5. The summed E-state index contributed by atoms with van der Waals surface area (Å²) >= 11 is 0. The van der Waals surface area contributed by atoms with E-state index in [9.17, 15) is 19.2 Å². The number of aromatic nitrogens is 1. The Morgan fingerprint density at radius 2 is 1.96 bits per heavy atom. The Balaban J connectivity index is 1.64.